The summed E-state index contributed by atoms with van der Waals surface area (Å²) >= 11 is 0. The van der Waals surface area contributed by atoms with E-state index in [4.69, 9.17) is 9.15 Å². The second kappa shape index (κ2) is 6.60. The molecule has 5 aromatic rings. The summed E-state index contributed by atoms with van der Waals surface area (Å²) in [7, 11) is 0. The van der Waals surface area contributed by atoms with E-state index < -0.39 is 5.97 Å². The number of para-hydroxylation sites is 1. The van der Waals surface area contributed by atoms with Crippen LogP contribution in [0.15, 0.2) is 75.9 Å². The third kappa shape index (κ3) is 2.77. The minimum atomic E-state index is -0.615. The lowest BCUT2D eigenvalue weighted by Crippen LogP contribution is -2.26. The van der Waals surface area contributed by atoms with Crippen LogP contribution in [0.25, 0.3) is 32.7 Å². The molecule has 6 nitrogen and oxygen atoms in total. The van der Waals surface area contributed by atoms with Crippen molar-refractivity contribution in [2.45, 2.75) is 13.5 Å². The highest BCUT2D eigenvalue weighted by atomic mass is 16.5. The number of nitrogens with zero attached hydrogens (tertiary/aromatic N) is 2. The maximum absolute atomic E-state index is 12.9. The van der Waals surface area contributed by atoms with Crippen molar-refractivity contribution in [3.8, 4) is 5.75 Å². The van der Waals surface area contributed by atoms with Crippen molar-refractivity contribution >= 4 is 38.7 Å². The lowest BCUT2D eigenvalue weighted by molar-refractivity contribution is 0.0728. The van der Waals surface area contributed by atoms with Gasteiger partial charge >= 0.3 is 5.97 Å². The molecule has 142 valence electrons. The SMILES string of the molecule is CCn1nc(C(=O)Oc2ccc3oc4ccccc4c3c2)c2ccccc2c1=O. The Morgan fingerprint density at radius 1 is 0.931 bits per heavy atom. The van der Waals surface area contributed by atoms with Crippen molar-refractivity contribution in [2.24, 2.45) is 0 Å². The second-order valence-corrected chi connectivity index (χ2v) is 6.66. The zero-order valence-electron chi connectivity index (χ0n) is 15.6. The first-order valence-corrected chi connectivity index (χ1v) is 9.29. The van der Waals surface area contributed by atoms with Gasteiger partial charge in [0, 0.05) is 22.7 Å². The molecule has 0 amide bonds. The van der Waals surface area contributed by atoms with E-state index >= 15 is 0 Å². The van der Waals surface area contributed by atoms with Gasteiger partial charge in [-0.1, -0.05) is 36.4 Å². The van der Waals surface area contributed by atoms with E-state index in [0.29, 0.717) is 28.6 Å². The summed E-state index contributed by atoms with van der Waals surface area (Å²) in [5.74, 6) is -0.232. The molecule has 0 radical (unpaired) electrons. The van der Waals surface area contributed by atoms with E-state index in [1.54, 1.807) is 49.4 Å². The van der Waals surface area contributed by atoms with Gasteiger partial charge in [-0.25, -0.2) is 9.48 Å². The van der Waals surface area contributed by atoms with Crippen LogP contribution in [-0.4, -0.2) is 15.7 Å². The van der Waals surface area contributed by atoms with Crippen LogP contribution in [0.4, 0.5) is 0 Å². The van der Waals surface area contributed by atoms with Gasteiger partial charge in [0.25, 0.3) is 5.56 Å². The predicted octanol–water partition coefficient (Wildman–Crippen LogP) is 4.54. The molecule has 29 heavy (non-hydrogen) atoms. The highest BCUT2D eigenvalue weighted by Gasteiger charge is 2.19. The smallest absolute Gasteiger partial charge is 0.364 e. The molecule has 0 aliphatic carbocycles. The molecule has 0 bridgehead atoms. The number of hydrogen-bond donors (Lipinski definition) is 0. The Balaban J connectivity index is 1.59. The molecule has 0 unspecified atom stereocenters. The summed E-state index contributed by atoms with van der Waals surface area (Å²) in [4.78, 5) is 25.4. The number of carbonyl (C=O) groups is 1. The number of rotatable bonds is 3. The molecule has 0 aliphatic rings. The van der Waals surface area contributed by atoms with Crippen molar-refractivity contribution in [1.29, 1.82) is 0 Å². The summed E-state index contributed by atoms with van der Waals surface area (Å²) in [5.41, 5.74) is 1.37. The van der Waals surface area contributed by atoms with Crippen molar-refractivity contribution < 1.29 is 13.9 Å². The fourth-order valence-electron chi connectivity index (χ4n) is 3.52. The maximum atomic E-state index is 12.9. The van der Waals surface area contributed by atoms with Crippen LogP contribution in [-0.2, 0) is 6.54 Å². The Morgan fingerprint density at radius 2 is 1.62 bits per heavy atom. The van der Waals surface area contributed by atoms with Gasteiger partial charge in [0.1, 0.15) is 16.9 Å². The minimum Gasteiger partial charge on any atom is -0.456 e. The van der Waals surface area contributed by atoms with Crippen LogP contribution in [0.3, 0.4) is 0 Å². The van der Waals surface area contributed by atoms with Gasteiger partial charge in [-0.3, -0.25) is 4.79 Å². The topological polar surface area (TPSA) is 74.3 Å². The van der Waals surface area contributed by atoms with Gasteiger partial charge in [0.05, 0.1) is 5.39 Å². The Bertz CT molecular complexity index is 1460. The van der Waals surface area contributed by atoms with E-state index in [2.05, 4.69) is 5.10 Å². The molecule has 2 aromatic heterocycles. The molecule has 0 atom stereocenters. The molecule has 0 spiro atoms. The summed E-state index contributed by atoms with van der Waals surface area (Å²) < 4.78 is 12.7. The van der Waals surface area contributed by atoms with Crippen LogP contribution in [0.1, 0.15) is 17.4 Å². The first kappa shape index (κ1) is 17.2. The summed E-state index contributed by atoms with van der Waals surface area (Å²) in [6, 6.07) is 19.8. The van der Waals surface area contributed by atoms with Gasteiger partial charge < -0.3 is 9.15 Å². The van der Waals surface area contributed by atoms with Gasteiger partial charge in [-0.2, -0.15) is 5.10 Å². The average Bonchev–Trinajstić information content (AvgIpc) is 3.12. The van der Waals surface area contributed by atoms with Crippen molar-refractivity contribution in [3.05, 3.63) is 82.8 Å². The van der Waals surface area contributed by atoms with Crippen LogP contribution >= 0.6 is 0 Å². The van der Waals surface area contributed by atoms with Gasteiger partial charge in [0.2, 0.25) is 0 Å². The molecule has 3 aromatic carbocycles. The lowest BCUT2D eigenvalue weighted by atomic mass is 10.1. The van der Waals surface area contributed by atoms with Crippen LogP contribution in [0, 0.1) is 0 Å². The Hall–Kier alpha value is -3.93. The molecule has 0 N–H and O–H groups in total. The molecule has 0 aliphatic heterocycles. The molecule has 0 saturated carbocycles. The maximum Gasteiger partial charge on any atom is 0.364 e. The standard InChI is InChI=1S/C23H16N2O4/c1-2-25-22(26)17-9-4-3-8-16(17)21(24-25)23(27)28-14-11-12-20-18(13-14)15-7-5-6-10-19(15)29-20/h3-13H,2H2,1H3. The lowest BCUT2D eigenvalue weighted by Gasteiger charge is -2.09. The number of aryl methyl sites for hydroxylation is 1. The number of esters is 1. The third-order valence-corrected chi connectivity index (χ3v) is 4.92. The molecule has 0 fully saturated rings. The normalized spacial score (nSPS) is 11.3. The van der Waals surface area contributed by atoms with Crippen LogP contribution in [0.5, 0.6) is 5.75 Å². The quantitative estimate of drug-likeness (QED) is 0.337. The Labute approximate surface area is 164 Å². The molecule has 0 saturated heterocycles. The van der Waals surface area contributed by atoms with E-state index in [1.165, 1.54) is 4.68 Å². The predicted molar refractivity (Wildman–Crippen MR) is 110 cm³/mol. The highest BCUT2D eigenvalue weighted by molar-refractivity contribution is 6.06. The summed E-state index contributed by atoms with van der Waals surface area (Å²) in [5, 5.41) is 6.95. The van der Waals surface area contributed by atoms with E-state index in [-0.39, 0.29) is 11.3 Å². The molecular weight excluding hydrogens is 368 g/mol. The first-order chi connectivity index (χ1) is 14.2. The van der Waals surface area contributed by atoms with Crippen molar-refractivity contribution in [2.75, 3.05) is 0 Å². The number of aromatic nitrogens is 2. The van der Waals surface area contributed by atoms with Gasteiger partial charge in [-0.15, -0.1) is 0 Å². The van der Waals surface area contributed by atoms with Crippen molar-refractivity contribution in [3.63, 3.8) is 0 Å². The van der Waals surface area contributed by atoms with E-state index in [1.807, 2.05) is 24.3 Å². The average molecular weight is 384 g/mol. The number of hydrogen-bond acceptors (Lipinski definition) is 5. The first-order valence-electron chi connectivity index (χ1n) is 9.29. The zero-order chi connectivity index (χ0) is 20.0. The summed E-state index contributed by atoms with van der Waals surface area (Å²) in [6.45, 7) is 2.16. The molecule has 6 heteroatoms. The van der Waals surface area contributed by atoms with E-state index in [0.717, 1.165) is 16.4 Å². The number of carbonyl (C=O) groups excluding carboxylic acids is 1. The molecular formula is C23H16N2O4. The fourth-order valence-corrected chi connectivity index (χ4v) is 3.52. The number of furan rings is 1. The number of benzene rings is 3. The Morgan fingerprint density at radius 3 is 2.41 bits per heavy atom. The van der Waals surface area contributed by atoms with Gasteiger partial charge in [-0.05, 0) is 37.3 Å². The van der Waals surface area contributed by atoms with Crippen molar-refractivity contribution in [1.82, 2.24) is 9.78 Å². The van der Waals surface area contributed by atoms with Crippen LogP contribution < -0.4 is 10.3 Å². The summed E-state index contributed by atoms with van der Waals surface area (Å²) in [6.07, 6.45) is 0. The minimum absolute atomic E-state index is 0.110. The zero-order valence-corrected chi connectivity index (χ0v) is 15.6. The second-order valence-electron chi connectivity index (χ2n) is 6.66. The van der Waals surface area contributed by atoms with Crippen LogP contribution in [0.2, 0.25) is 0 Å². The highest BCUT2D eigenvalue weighted by Crippen LogP contribution is 2.31. The number of fused-ring (bicyclic) bond motifs is 4. The Kier molecular flexibility index (Phi) is 3.91. The van der Waals surface area contributed by atoms with E-state index in [9.17, 15) is 9.59 Å². The molecule has 2 heterocycles. The third-order valence-electron chi connectivity index (χ3n) is 4.92. The monoisotopic (exact) mass is 384 g/mol. The largest absolute Gasteiger partial charge is 0.456 e. The fraction of sp³-hybridized carbons (Fsp3) is 0.0870. The van der Waals surface area contributed by atoms with Gasteiger partial charge in [0.15, 0.2) is 5.69 Å². The number of ether oxygens (including phenoxy) is 1. The molecule has 5 rings (SSSR count).